The Morgan fingerprint density at radius 2 is 1.68 bits per heavy atom. The molecule has 0 fully saturated rings. The van der Waals surface area contributed by atoms with Crippen molar-refractivity contribution >= 4 is 43.5 Å². The van der Waals surface area contributed by atoms with Gasteiger partial charge in [0.15, 0.2) is 0 Å². The molecule has 1 atom stereocenters. The summed E-state index contributed by atoms with van der Waals surface area (Å²) >= 11 is 13.1. The molecule has 1 unspecified atom stereocenters. The molecular weight excluding hydrogens is 391 g/mol. The van der Waals surface area contributed by atoms with Gasteiger partial charge in [-0.05, 0) is 47.9 Å². The van der Waals surface area contributed by atoms with Crippen molar-refractivity contribution in [2.75, 3.05) is 0 Å². The average Bonchev–Trinajstić information content (AvgIpc) is 2.33. The van der Waals surface area contributed by atoms with E-state index in [0.29, 0.717) is 0 Å². The maximum Gasteiger partial charge on any atom is 0.0711 e. The molecule has 0 saturated heterocycles. The van der Waals surface area contributed by atoms with Crippen LogP contribution < -0.4 is 11.3 Å². The van der Waals surface area contributed by atoms with Crippen LogP contribution in [0.15, 0.2) is 45.3 Å². The van der Waals surface area contributed by atoms with E-state index in [-0.39, 0.29) is 6.04 Å². The van der Waals surface area contributed by atoms with Gasteiger partial charge in [-0.15, -0.1) is 0 Å². The van der Waals surface area contributed by atoms with Crippen LogP contribution in [0.1, 0.15) is 22.7 Å². The lowest BCUT2D eigenvalue weighted by molar-refractivity contribution is 0.636. The van der Waals surface area contributed by atoms with Crippen molar-refractivity contribution in [3.63, 3.8) is 0 Å². The van der Waals surface area contributed by atoms with Crippen molar-refractivity contribution in [1.29, 1.82) is 0 Å². The van der Waals surface area contributed by atoms with Crippen LogP contribution in [0.3, 0.4) is 0 Å². The van der Waals surface area contributed by atoms with Gasteiger partial charge in [0.25, 0.3) is 0 Å². The van der Waals surface area contributed by atoms with Crippen molar-refractivity contribution in [1.82, 2.24) is 5.43 Å². The van der Waals surface area contributed by atoms with Crippen LogP contribution in [0.2, 0.25) is 5.02 Å². The van der Waals surface area contributed by atoms with Crippen LogP contribution in [0.25, 0.3) is 0 Å². The third-order valence-corrected chi connectivity index (χ3v) is 4.24. The first-order valence-electron chi connectivity index (χ1n) is 5.69. The Morgan fingerprint density at radius 3 is 2.21 bits per heavy atom. The van der Waals surface area contributed by atoms with Gasteiger partial charge in [-0.25, -0.2) is 5.43 Å². The van der Waals surface area contributed by atoms with Crippen LogP contribution in [-0.4, -0.2) is 0 Å². The number of aryl methyl sites for hydroxylation is 1. The normalized spacial score (nSPS) is 12.5. The Bertz CT molecular complexity index is 582. The fraction of sp³-hybridized carbons (Fsp3) is 0.143. The topological polar surface area (TPSA) is 38.0 Å². The zero-order valence-corrected chi connectivity index (χ0v) is 14.2. The summed E-state index contributed by atoms with van der Waals surface area (Å²) in [7, 11) is 0. The highest BCUT2D eigenvalue weighted by Gasteiger charge is 2.14. The number of rotatable bonds is 3. The Balaban J connectivity index is 2.46. The molecule has 0 aromatic heterocycles. The number of halogens is 3. The van der Waals surface area contributed by atoms with E-state index in [1.807, 2.05) is 43.3 Å². The highest BCUT2D eigenvalue weighted by atomic mass is 79.9. The molecule has 2 rings (SSSR count). The van der Waals surface area contributed by atoms with E-state index in [1.54, 1.807) is 0 Å². The summed E-state index contributed by atoms with van der Waals surface area (Å²) in [5.74, 6) is 5.70. The Morgan fingerprint density at radius 1 is 1.05 bits per heavy atom. The molecule has 0 aliphatic carbocycles. The second-order valence-corrected chi connectivity index (χ2v) is 6.55. The summed E-state index contributed by atoms with van der Waals surface area (Å²) < 4.78 is 1.99. The monoisotopic (exact) mass is 402 g/mol. The standard InChI is InChI=1S/C14H13Br2ClN2/c1-8-2-3-9(6-13(8)17)14(19-18)10-4-11(15)7-12(16)5-10/h2-7,14,19H,18H2,1H3. The molecule has 0 amide bonds. The number of hydrogen-bond acceptors (Lipinski definition) is 2. The molecule has 0 aliphatic rings. The minimum Gasteiger partial charge on any atom is -0.271 e. The average molecular weight is 405 g/mol. The molecule has 0 radical (unpaired) electrons. The van der Waals surface area contributed by atoms with Crippen LogP contribution in [0, 0.1) is 6.92 Å². The van der Waals surface area contributed by atoms with Crippen molar-refractivity contribution in [3.8, 4) is 0 Å². The molecule has 100 valence electrons. The minimum absolute atomic E-state index is 0.105. The zero-order chi connectivity index (χ0) is 14.0. The number of hydrogen-bond donors (Lipinski definition) is 2. The van der Waals surface area contributed by atoms with Gasteiger partial charge >= 0.3 is 0 Å². The molecule has 2 aromatic rings. The smallest absolute Gasteiger partial charge is 0.0711 e. The number of nitrogens with two attached hydrogens (primary N) is 1. The predicted octanol–water partition coefficient (Wildman–Crippen LogP) is 4.73. The lowest BCUT2D eigenvalue weighted by Gasteiger charge is -2.18. The number of hydrazine groups is 1. The number of benzene rings is 2. The largest absolute Gasteiger partial charge is 0.271 e. The number of nitrogens with one attached hydrogen (secondary N) is 1. The van der Waals surface area contributed by atoms with Gasteiger partial charge in [-0.2, -0.15) is 0 Å². The molecule has 0 saturated carbocycles. The van der Waals surface area contributed by atoms with Crippen LogP contribution in [0.4, 0.5) is 0 Å². The summed E-state index contributed by atoms with van der Waals surface area (Å²) in [6.45, 7) is 1.98. The van der Waals surface area contributed by atoms with Crippen molar-refractivity contribution in [2.45, 2.75) is 13.0 Å². The fourth-order valence-corrected chi connectivity index (χ4v) is 3.43. The molecule has 0 heterocycles. The second-order valence-electron chi connectivity index (χ2n) is 4.31. The molecule has 19 heavy (non-hydrogen) atoms. The first-order chi connectivity index (χ1) is 9.01. The zero-order valence-electron chi connectivity index (χ0n) is 10.3. The minimum atomic E-state index is -0.105. The molecule has 3 N–H and O–H groups in total. The van der Waals surface area contributed by atoms with Crippen molar-refractivity contribution in [2.24, 2.45) is 5.84 Å². The van der Waals surface area contributed by atoms with Gasteiger partial charge < -0.3 is 0 Å². The molecule has 0 aliphatic heterocycles. The Labute approximate surface area is 134 Å². The summed E-state index contributed by atoms with van der Waals surface area (Å²) in [6, 6.07) is 11.9. The lowest BCUT2D eigenvalue weighted by atomic mass is 9.98. The summed E-state index contributed by atoms with van der Waals surface area (Å²) in [6.07, 6.45) is 0. The lowest BCUT2D eigenvalue weighted by Crippen LogP contribution is -2.28. The third kappa shape index (κ3) is 3.58. The van der Waals surface area contributed by atoms with E-state index in [1.165, 1.54) is 0 Å². The van der Waals surface area contributed by atoms with E-state index < -0.39 is 0 Å². The molecule has 2 nitrogen and oxygen atoms in total. The second kappa shape index (κ2) is 6.37. The van der Waals surface area contributed by atoms with Crippen LogP contribution in [0.5, 0.6) is 0 Å². The molecule has 5 heteroatoms. The van der Waals surface area contributed by atoms with Gasteiger partial charge in [0.2, 0.25) is 0 Å². The summed E-state index contributed by atoms with van der Waals surface area (Å²) in [5.41, 5.74) is 5.98. The van der Waals surface area contributed by atoms with Crippen molar-refractivity contribution in [3.05, 3.63) is 67.1 Å². The molecule has 0 spiro atoms. The quantitative estimate of drug-likeness (QED) is 0.574. The first-order valence-corrected chi connectivity index (χ1v) is 7.66. The molecular formula is C14H13Br2ClN2. The Kier molecular flexibility index (Phi) is 5.03. The van der Waals surface area contributed by atoms with Gasteiger partial charge in [-0.3, -0.25) is 5.84 Å². The van der Waals surface area contributed by atoms with Crippen LogP contribution >= 0.6 is 43.5 Å². The molecule has 0 bridgehead atoms. The van der Waals surface area contributed by atoms with E-state index in [2.05, 4.69) is 37.3 Å². The highest BCUT2D eigenvalue weighted by molar-refractivity contribution is 9.11. The van der Waals surface area contributed by atoms with Crippen molar-refractivity contribution < 1.29 is 0 Å². The van der Waals surface area contributed by atoms with E-state index in [9.17, 15) is 0 Å². The molecule has 2 aromatic carbocycles. The maximum atomic E-state index is 6.18. The summed E-state index contributed by atoms with van der Waals surface area (Å²) in [4.78, 5) is 0. The SMILES string of the molecule is Cc1ccc(C(NN)c2cc(Br)cc(Br)c2)cc1Cl. The predicted molar refractivity (Wildman–Crippen MR) is 87.2 cm³/mol. The van der Waals surface area contributed by atoms with E-state index >= 15 is 0 Å². The highest BCUT2D eigenvalue weighted by Crippen LogP contribution is 2.29. The maximum absolute atomic E-state index is 6.18. The summed E-state index contributed by atoms with van der Waals surface area (Å²) in [5, 5.41) is 0.742. The fourth-order valence-electron chi connectivity index (χ4n) is 1.92. The van der Waals surface area contributed by atoms with Gasteiger partial charge in [0.1, 0.15) is 0 Å². The third-order valence-electron chi connectivity index (χ3n) is 2.91. The van der Waals surface area contributed by atoms with Gasteiger partial charge in [-0.1, -0.05) is 55.6 Å². The Hall–Kier alpha value is -0.390. The van der Waals surface area contributed by atoms with Gasteiger partial charge in [0, 0.05) is 14.0 Å². The van der Waals surface area contributed by atoms with Gasteiger partial charge in [0.05, 0.1) is 6.04 Å². The first kappa shape index (κ1) is 15.0. The van der Waals surface area contributed by atoms with E-state index in [0.717, 1.165) is 30.7 Å². The van der Waals surface area contributed by atoms with Crippen LogP contribution in [-0.2, 0) is 0 Å². The van der Waals surface area contributed by atoms with E-state index in [4.69, 9.17) is 17.4 Å².